The number of hydrogen-bond acceptors (Lipinski definition) is 6. The zero-order chi connectivity index (χ0) is 20.8. The molecule has 0 aliphatic heterocycles. The number of carbonyl (C=O) groups excluding carboxylic acids is 2. The van der Waals surface area contributed by atoms with E-state index < -0.39 is 13.5 Å². The number of hydrogen-bond donors (Lipinski definition) is 4. The molecule has 2 amide bonds. The van der Waals surface area contributed by atoms with E-state index in [0.717, 1.165) is 10.9 Å². The van der Waals surface area contributed by atoms with Crippen LogP contribution in [0.4, 0.5) is 5.69 Å². The molecule has 0 saturated heterocycles. The van der Waals surface area contributed by atoms with Gasteiger partial charge in [0.2, 0.25) is 11.8 Å². The highest BCUT2D eigenvalue weighted by molar-refractivity contribution is 6.32. The second-order valence-electron chi connectivity index (χ2n) is 6.54. The number of carbonyl (C=O) groups is 2. The van der Waals surface area contributed by atoms with Gasteiger partial charge in [-0.05, 0) is 23.8 Å². The molecule has 29 heavy (non-hydrogen) atoms. The van der Waals surface area contributed by atoms with Crippen molar-refractivity contribution in [2.24, 2.45) is 0 Å². The van der Waals surface area contributed by atoms with E-state index in [1.165, 1.54) is 6.92 Å². The van der Waals surface area contributed by atoms with Crippen LogP contribution in [0.1, 0.15) is 18.1 Å². The Labute approximate surface area is 167 Å². The van der Waals surface area contributed by atoms with E-state index in [1.54, 1.807) is 30.5 Å². The topological polar surface area (TPSA) is 121 Å². The maximum atomic E-state index is 12.5. The number of amides is 2. The Bertz CT molecular complexity index is 1000. The van der Waals surface area contributed by atoms with Crippen LogP contribution in [0.3, 0.4) is 0 Å². The molecule has 2 aromatic carbocycles. The molecular weight excluding hydrogens is 375 g/mol. The number of nitrogens with one attached hydrogen (secondary N) is 2. The second-order valence-corrected chi connectivity index (χ2v) is 6.54. The van der Waals surface area contributed by atoms with Crippen LogP contribution in [-0.4, -0.2) is 35.4 Å². The molecule has 0 unspecified atom stereocenters. The normalized spacial score (nSPS) is 11.8. The van der Waals surface area contributed by atoms with Gasteiger partial charge >= 0.3 is 7.32 Å². The van der Waals surface area contributed by atoms with Gasteiger partial charge in [-0.25, -0.2) is 0 Å². The summed E-state index contributed by atoms with van der Waals surface area (Å²) < 4.78 is 10.5. The number of anilines is 1. The quantitative estimate of drug-likeness (QED) is 0.339. The van der Waals surface area contributed by atoms with Gasteiger partial charge in [-0.2, -0.15) is 0 Å². The van der Waals surface area contributed by atoms with E-state index >= 15 is 0 Å². The van der Waals surface area contributed by atoms with Gasteiger partial charge in [-0.1, -0.05) is 30.3 Å². The van der Waals surface area contributed by atoms with Crippen molar-refractivity contribution in [2.45, 2.75) is 26.0 Å². The Hall–Kier alpha value is -3.14. The molecule has 0 bridgehead atoms. The first-order valence-electron chi connectivity index (χ1n) is 9.03. The molecule has 0 fully saturated rings. The average molecular weight is 396 g/mol. The molecule has 1 heterocycles. The summed E-state index contributed by atoms with van der Waals surface area (Å²) in [6.45, 7) is 1.40. The molecule has 0 saturated carbocycles. The SMILES string of the molecule is CC(=O)Nc1cccc(CC(=O)N[C@@H](Cc2coc3ccccc23)OB(O)O)c1. The largest absolute Gasteiger partial charge is 0.635 e. The minimum Gasteiger partial charge on any atom is -0.464 e. The fraction of sp³-hybridized carbons (Fsp3) is 0.200. The lowest BCUT2D eigenvalue weighted by Crippen LogP contribution is -2.43. The fourth-order valence-electron chi connectivity index (χ4n) is 3.05. The van der Waals surface area contributed by atoms with Crippen molar-refractivity contribution < 1.29 is 28.7 Å². The third-order valence-electron chi connectivity index (χ3n) is 4.19. The number of para-hydroxylation sites is 1. The van der Waals surface area contributed by atoms with Gasteiger partial charge in [0.1, 0.15) is 11.8 Å². The zero-order valence-electron chi connectivity index (χ0n) is 15.8. The lowest BCUT2D eigenvalue weighted by atomic mass is 10.1. The van der Waals surface area contributed by atoms with Crippen molar-refractivity contribution in [2.75, 3.05) is 5.32 Å². The number of furan rings is 1. The molecule has 1 atom stereocenters. The number of rotatable bonds is 8. The first-order valence-corrected chi connectivity index (χ1v) is 9.03. The fourth-order valence-corrected chi connectivity index (χ4v) is 3.05. The molecule has 0 aliphatic rings. The van der Waals surface area contributed by atoms with Crippen molar-refractivity contribution in [3.05, 3.63) is 65.9 Å². The van der Waals surface area contributed by atoms with Gasteiger partial charge in [0.25, 0.3) is 0 Å². The van der Waals surface area contributed by atoms with Crippen molar-refractivity contribution in [1.29, 1.82) is 0 Å². The van der Waals surface area contributed by atoms with E-state index in [9.17, 15) is 19.6 Å². The summed E-state index contributed by atoms with van der Waals surface area (Å²) >= 11 is 0. The highest BCUT2D eigenvalue weighted by Gasteiger charge is 2.22. The van der Waals surface area contributed by atoms with Crippen LogP contribution in [-0.2, 0) is 27.1 Å². The summed E-state index contributed by atoms with van der Waals surface area (Å²) in [5, 5.41) is 24.6. The van der Waals surface area contributed by atoms with Gasteiger partial charge in [-0.3, -0.25) is 9.59 Å². The summed E-state index contributed by atoms with van der Waals surface area (Å²) in [7, 11) is -2.04. The van der Waals surface area contributed by atoms with E-state index in [4.69, 9.17) is 9.07 Å². The number of fused-ring (bicyclic) bond motifs is 1. The Kier molecular flexibility index (Phi) is 6.66. The molecule has 0 spiro atoms. The summed E-state index contributed by atoms with van der Waals surface area (Å²) in [5.41, 5.74) is 2.73. The molecule has 9 heteroatoms. The number of benzene rings is 2. The van der Waals surface area contributed by atoms with Gasteiger partial charge in [0.05, 0.1) is 12.7 Å². The predicted octanol–water partition coefficient (Wildman–Crippen LogP) is 1.60. The minimum atomic E-state index is -2.04. The Morgan fingerprint density at radius 3 is 2.72 bits per heavy atom. The molecule has 4 N–H and O–H groups in total. The Morgan fingerprint density at radius 1 is 1.17 bits per heavy atom. The van der Waals surface area contributed by atoms with Gasteiger partial charge < -0.3 is 29.8 Å². The highest BCUT2D eigenvalue weighted by atomic mass is 16.6. The van der Waals surface area contributed by atoms with Gasteiger partial charge in [0.15, 0.2) is 0 Å². The monoisotopic (exact) mass is 396 g/mol. The second kappa shape index (κ2) is 9.38. The molecular formula is C20H21BN2O6. The summed E-state index contributed by atoms with van der Waals surface area (Å²) in [4.78, 5) is 23.6. The lowest BCUT2D eigenvalue weighted by Gasteiger charge is -2.19. The van der Waals surface area contributed by atoms with E-state index in [0.29, 0.717) is 16.8 Å². The first-order chi connectivity index (χ1) is 13.9. The first kappa shape index (κ1) is 20.6. The lowest BCUT2D eigenvalue weighted by molar-refractivity contribution is -0.123. The van der Waals surface area contributed by atoms with Crippen molar-refractivity contribution >= 4 is 35.8 Å². The highest BCUT2D eigenvalue weighted by Crippen LogP contribution is 2.22. The van der Waals surface area contributed by atoms with E-state index in [2.05, 4.69) is 10.6 Å². The van der Waals surface area contributed by atoms with Crippen LogP contribution in [0.15, 0.2) is 59.2 Å². The van der Waals surface area contributed by atoms with Crippen molar-refractivity contribution in [1.82, 2.24) is 5.32 Å². The maximum absolute atomic E-state index is 12.5. The third-order valence-corrected chi connectivity index (χ3v) is 4.19. The molecule has 150 valence electrons. The van der Waals surface area contributed by atoms with Gasteiger partial charge in [-0.15, -0.1) is 0 Å². The zero-order valence-corrected chi connectivity index (χ0v) is 15.8. The van der Waals surface area contributed by atoms with Crippen LogP contribution < -0.4 is 10.6 Å². The van der Waals surface area contributed by atoms with Crippen LogP contribution in [0, 0.1) is 0 Å². The van der Waals surface area contributed by atoms with Crippen LogP contribution >= 0.6 is 0 Å². The molecule has 0 aliphatic carbocycles. The average Bonchev–Trinajstić information content (AvgIpc) is 3.04. The molecule has 1 aromatic heterocycles. The minimum absolute atomic E-state index is 0.0287. The molecule has 0 radical (unpaired) electrons. The summed E-state index contributed by atoms with van der Waals surface area (Å²) in [6, 6.07) is 14.3. The Balaban J connectivity index is 1.68. The molecule has 3 aromatic rings. The standard InChI is InChI=1S/C20H21BN2O6/c1-13(24)22-16-6-4-5-14(9-16)10-19(25)23-20(29-21(26)27)11-15-12-28-18-8-3-2-7-17(15)18/h2-9,12,20,26-27H,10-11H2,1H3,(H,22,24)(H,23,25)/t20-/m1/s1. The van der Waals surface area contributed by atoms with E-state index in [1.807, 2.05) is 24.3 Å². The van der Waals surface area contributed by atoms with E-state index in [-0.39, 0.29) is 24.7 Å². The van der Waals surface area contributed by atoms with Gasteiger partial charge in [0, 0.05) is 30.0 Å². The summed E-state index contributed by atoms with van der Waals surface area (Å²) in [6.07, 6.45) is 0.795. The van der Waals surface area contributed by atoms with Crippen LogP contribution in [0.25, 0.3) is 11.0 Å². The summed E-state index contributed by atoms with van der Waals surface area (Å²) in [5.74, 6) is -0.576. The predicted molar refractivity (Wildman–Crippen MR) is 108 cm³/mol. The van der Waals surface area contributed by atoms with Crippen molar-refractivity contribution in [3.8, 4) is 0 Å². The van der Waals surface area contributed by atoms with Crippen LogP contribution in [0.2, 0.25) is 0 Å². The molecule has 3 rings (SSSR count). The maximum Gasteiger partial charge on any atom is 0.635 e. The van der Waals surface area contributed by atoms with Crippen LogP contribution in [0.5, 0.6) is 0 Å². The van der Waals surface area contributed by atoms with Crippen molar-refractivity contribution in [3.63, 3.8) is 0 Å². The Morgan fingerprint density at radius 2 is 1.97 bits per heavy atom. The molecule has 8 nitrogen and oxygen atoms in total. The smallest absolute Gasteiger partial charge is 0.464 e. The third kappa shape index (κ3) is 5.92.